The van der Waals surface area contributed by atoms with Crippen molar-refractivity contribution >= 4 is 11.8 Å². The SMILES string of the molecule is CNc1nc(C)cc(NC23CC4CC(CC(C4)C2)C3)n1. The second kappa shape index (κ2) is 4.34. The third kappa shape index (κ3) is 2.05. The molecule has 108 valence electrons. The Balaban J connectivity index is 1.61. The quantitative estimate of drug-likeness (QED) is 0.887. The van der Waals surface area contributed by atoms with E-state index in [2.05, 4.69) is 26.7 Å². The van der Waals surface area contributed by atoms with Crippen molar-refractivity contribution in [3.8, 4) is 0 Å². The number of hydrogen-bond acceptors (Lipinski definition) is 4. The van der Waals surface area contributed by atoms with E-state index in [-0.39, 0.29) is 0 Å². The van der Waals surface area contributed by atoms with Crippen LogP contribution in [0.4, 0.5) is 11.8 Å². The molecular formula is C16H24N4. The molecular weight excluding hydrogens is 248 g/mol. The number of aryl methyl sites for hydroxylation is 1. The van der Waals surface area contributed by atoms with E-state index in [9.17, 15) is 0 Å². The molecule has 0 saturated heterocycles. The molecule has 20 heavy (non-hydrogen) atoms. The minimum absolute atomic E-state index is 0.320. The summed E-state index contributed by atoms with van der Waals surface area (Å²) in [5.41, 5.74) is 1.34. The summed E-state index contributed by atoms with van der Waals surface area (Å²) in [6, 6.07) is 2.08. The Morgan fingerprint density at radius 2 is 1.65 bits per heavy atom. The van der Waals surface area contributed by atoms with Gasteiger partial charge in [0.25, 0.3) is 0 Å². The lowest BCUT2D eigenvalue weighted by atomic mass is 9.53. The van der Waals surface area contributed by atoms with Gasteiger partial charge in [0.05, 0.1) is 0 Å². The number of hydrogen-bond donors (Lipinski definition) is 2. The Morgan fingerprint density at radius 1 is 1.05 bits per heavy atom. The topological polar surface area (TPSA) is 49.8 Å². The monoisotopic (exact) mass is 272 g/mol. The maximum Gasteiger partial charge on any atom is 0.224 e. The van der Waals surface area contributed by atoms with Gasteiger partial charge in [-0.25, -0.2) is 4.98 Å². The lowest BCUT2D eigenvalue weighted by Crippen LogP contribution is -2.54. The van der Waals surface area contributed by atoms with Crippen LogP contribution < -0.4 is 10.6 Å². The summed E-state index contributed by atoms with van der Waals surface area (Å²) in [5, 5.41) is 6.87. The second-order valence-corrected chi connectivity index (χ2v) is 7.29. The summed E-state index contributed by atoms with van der Waals surface area (Å²) in [7, 11) is 1.88. The zero-order valence-electron chi connectivity index (χ0n) is 12.4. The van der Waals surface area contributed by atoms with Crippen LogP contribution in [0, 0.1) is 24.7 Å². The maximum absolute atomic E-state index is 4.59. The first-order valence-corrected chi connectivity index (χ1v) is 7.96. The lowest BCUT2D eigenvalue weighted by Gasteiger charge is -2.57. The third-order valence-corrected chi connectivity index (χ3v) is 5.51. The number of aromatic nitrogens is 2. The van der Waals surface area contributed by atoms with Crippen LogP contribution in [0.25, 0.3) is 0 Å². The molecule has 0 unspecified atom stereocenters. The van der Waals surface area contributed by atoms with E-state index in [0.29, 0.717) is 5.54 Å². The van der Waals surface area contributed by atoms with Crippen molar-refractivity contribution in [1.82, 2.24) is 9.97 Å². The molecule has 1 heterocycles. The van der Waals surface area contributed by atoms with Gasteiger partial charge in [-0.05, 0) is 63.2 Å². The van der Waals surface area contributed by atoms with Crippen LogP contribution in [0.2, 0.25) is 0 Å². The predicted octanol–water partition coefficient (Wildman–Crippen LogP) is 3.21. The number of anilines is 2. The highest BCUT2D eigenvalue weighted by atomic mass is 15.2. The van der Waals surface area contributed by atoms with Crippen LogP contribution in [0.1, 0.15) is 44.2 Å². The van der Waals surface area contributed by atoms with E-state index in [1.54, 1.807) is 0 Å². The van der Waals surface area contributed by atoms with Crippen LogP contribution in [0.5, 0.6) is 0 Å². The fourth-order valence-electron chi connectivity index (χ4n) is 5.28. The van der Waals surface area contributed by atoms with Gasteiger partial charge in [-0.15, -0.1) is 0 Å². The molecule has 1 aromatic heterocycles. The molecule has 0 radical (unpaired) electrons. The average molecular weight is 272 g/mol. The number of nitrogens with one attached hydrogen (secondary N) is 2. The Bertz CT molecular complexity index is 490. The van der Waals surface area contributed by atoms with Crippen molar-refractivity contribution in [2.24, 2.45) is 17.8 Å². The third-order valence-electron chi connectivity index (χ3n) is 5.51. The largest absolute Gasteiger partial charge is 0.364 e. The fraction of sp³-hybridized carbons (Fsp3) is 0.750. The summed E-state index contributed by atoms with van der Waals surface area (Å²) in [5.74, 6) is 4.60. The highest BCUT2D eigenvalue weighted by Gasteiger charge is 2.51. The van der Waals surface area contributed by atoms with Gasteiger partial charge in [0.1, 0.15) is 5.82 Å². The van der Waals surface area contributed by atoms with Gasteiger partial charge in [0.2, 0.25) is 5.95 Å². The van der Waals surface area contributed by atoms with E-state index in [0.717, 1.165) is 35.2 Å². The van der Waals surface area contributed by atoms with Crippen molar-refractivity contribution in [3.05, 3.63) is 11.8 Å². The molecule has 0 spiro atoms. The predicted molar refractivity (Wildman–Crippen MR) is 80.8 cm³/mol. The molecule has 0 aromatic carbocycles. The summed E-state index contributed by atoms with van der Waals surface area (Å²) in [6.45, 7) is 2.04. The Hall–Kier alpha value is -1.32. The summed E-state index contributed by atoms with van der Waals surface area (Å²) >= 11 is 0. The molecule has 4 fully saturated rings. The average Bonchev–Trinajstić information content (AvgIpc) is 2.35. The minimum atomic E-state index is 0.320. The van der Waals surface area contributed by atoms with Crippen LogP contribution in [0.3, 0.4) is 0 Å². The molecule has 4 heteroatoms. The van der Waals surface area contributed by atoms with Crippen molar-refractivity contribution in [1.29, 1.82) is 0 Å². The number of rotatable bonds is 3. The molecule has 4 nitrogen and oxygen atoms in total. The van der Waals surface area contributed by atoms with E-state index < -0.39 is 0 Å². The zero-order chi connectivity index (χ0) is 13.7. The van der Waals surface area contributed by atoms with Gasteiger partial charge in [-0.3, -0.25) is 0 Å². The van der Waals surface area contributed by atoms with E-state index in [4.69, 9.17) is 0 Å². The Labute approximate surface area is 120 Å². The standard InChI is InChI=1S/C16H24N4/c1-10-3-14(19-15(17-2)18-10)20-16-7-11-4-12(8-16)6-13(5-11)9-16/h3,11-13H,4-9H2,1-2H3,(H2,17,18,19,20). The van der Waals surface area contributed by atoms with Crippen LogP contribution in [-0.4, -0.2) is 22.6 Å². The zero-order valence-corrected chi connectivity index (χ0v) is 12.4. The lowest BCUT2D eigenvalue weighted by molar-refractivity contribution is 0.0105. The summed E-state index contributed by atoms with van der Waals surface area (Å²) in [4.78, 5) is 8.98. The molecule has 4 saturated carbocycles. The van der Waals surface area contributed by atoms with Crippen LogP contribution in [0.15, 0.2) is 6.07 Å². The van der Waals surface area contributed by atoms with E-state index in [1.807, 2.05) is 14.0 Å². The highest BCUT2D eigenvalue weighted by Crippen LogP contribution is 2.56. The summed E-state index contributed by atoms with van der Waals surface area (Å²) in [6.07, 6.45) is 8.47. The van der Waals surface area contributed by atoms with Gasteiger partial charge in [-0.2, -0.15) is 4.98 Å². The minimum Gasteiger partial charge on any atom is -0.364 e. The Morgan fingerprint density at radius 3 is 2.20 bits per heavy atom. The van der Waals surface area contributed by atoms with Gasteiger partial charge in [-0.1, -0.05) is 0 Å². The Kier molecular flexibility index (Phi) is 2.69. The van der Waals surface area contributed by atoms with Crippen LogP contribution >= 0.6 is 0 Å². The molecule has 4 aliphatic rings. The van der Waals surface area contributed by atoms with Crippen molar-refractivity contribution in [2.75, 3.05) is 17.7 Å². The smallest absolute Gasteiger partial charge is 0.224 e. The molecule has 4 bridgehead atoms. The molecule has 2 N–H and O–H groups in total. The van der Waals surface area contributed by atoms with Crippen molar-refractivity contribution in [3.63, 3.8) is 0 Å². The van der Waals surface area contributed by atoms with Crippen LogP contribution in [-0.2, 0) is 0 Å². The molecule has 0 atom stereocenters. The molecule has 1 aromatic rings. The summed E-state index contributed by atoms with van der Waals surface area (Å²) < 4.78 is 0. The van der Waals surface area contributed by atoms with E-state index in [1.165, 1.54) is 38.5 Å². The van der Waals surface area contributed by atoms with Gasteiger partial charge < -0.3 is 10.6 Å². The van der Waals surface area contributed by atoms with Gasteiger partial charge in [0, 0.05) is 24.3 Å². The van der Waals surface area contributed by atoms with Gasteiger partial charge >= 0.3 is 0 Å². The van der Waals surface area contributed by atoms with Crippen molar-refractivity contribution < 1.29 is 0 Å². The number of nitrogens with zero attached hydrogens (tertiary/aromatic N) is 2. The highest BCUT2D eigenvalue weighted by molar-refractivity contribution is 5.44. The van der Waals surface area contributed by atoms with E-state index >= 15 is 0 Å². The molecule has 0 amide bonds. The normalized spacial score (nSPS) is 38.0. The fourth-order valence-corrected chi connectivity index (χ4v) is 5.28. The maximum atomic E-state index is 4.59. The molecule has 0 aliphatic heterocycles. The first-order chi connectivity index (χ1) is 9.64. The molecule has 4 aliphatic carbocycles. The first-order valence-electron chi connectivity index (χ1n) is 7.96. The van der Waals surface area contributed by atoms with Crippen molar-refractivity contribution in [2.45, 2.75) is 51.0 Å². The molecule has 5 rings (SSSR count). The second-order valence-electron chi connectivity index (χ2n) is 7.29. The first kappa shape index (κ1) is 12.4. The van der Waals surface area contributed by atoms with Gasteiger partial charge in [0.15, 0.2) is 0 Å².